The van der Waals surface area contributed by atoms with Gasteiger partial charge in [-0.15, -0.1) is 0 Å². The molecule has 0 aromatic heterocycles. The van der Waals surface area contributed by atoms with E-state index in [1.54, 1.807) is 0 Å². The van der Waals surface area contributed by atoms with E-state index in [4.69, 9.17) is 0 Å². The molecule has 0 spiro atoms. The Hall–Kier alpha value is 0.610. The average molecular weight is 342 g/mol. The summed E-state index contributed by atoms with van der Waals surface area (Å²) in [5.74, 6) is 0. The zero-order valence-corrected chi connectivity index (χ0v) is 12.7. The van der Waals surface area contributed by atoms with Crippen molar-refractivity contribution in [3.05, 3.63) is 38.0 Å². The third-order valence-corrected chi connectivity index (χ3v) is 11.9. The van der Waals surface area contributed by atoms with Crippen molar-refractivity contribution < 1.29 is 0 Å². The van der Waals surface area contributed by atoms with Crippen LogP contribution in [-0.4, -0.2) is 30.0 Å². The molecule has 0 bridgehead atoms. The third-order valence-electron chi connectivity index (χ3n) is 2.40. The van der Waals surface area contributed by atoms with Gasteiger partial charge in [-0.1, -0.05) is 0 Å². The first kappa shape index (κ1) is 14.6. The molecule has 0 aromatic rings. The van der Waals surface area contributed by atoms with Gasteiger partial charge in [-0.3, -0.25) is 0 Å². The van der Waals surface area contributed by atoms with Crippen LogP contribution in [0.2, 0.25) is 0 Å². The van der Waals surface area contributed by atoms with Crippen LogP contribution in [0.15, 0.2) is 38.0 Å². The summed E-state index contributed by atoms with van der Waals surface area (Å²) in [5.41, 5.74) is 0. The fourth-order valence-corrected chi connectivity index (χ4v) is 11.6. The molecular weight excluding hydrogens is 323 g/mol. The quantitative estimate of drug-likeness (QED) is 0.338. The van der Waals surface area contributed by atoms with Gasteiger partial charge in [-0.2, -0.15) is 0 Å². The molecule has 0 heterocycles. The van der Waals surface area contributed by atoms with E-state index in [0.717, 1.165) is 30.0 Å². The fraction of sp³-hybridized carbons (Fsp3) is 0.455. The van der Waals surface area contributed by atoms with Gasteiger partial charge >= 0.3 is 105 Å². The molecule has 0 N–H and O–H groups in total. The van der Waals surface area contributed by atoms with Crippen LogP contribution in [0.1, 0.15) is 0 Å². The summed E-state index contributed by atoms with van der Waals surface area (Å²) >= 11 is 7.55. The monoisotopic (exact) mass is 340 g/mol. The average Bonchev–Trinajstić information content (AvgIpc) is 2.05. The topological polar surface area (TPSA) is 0 Å². The van der Waals surface area contributed by atoms with Crippen molar-refractivity contribution in [2.45, 2.75) is 0 Å². The van der Waals surface area contributed by atoms with Crippen molar-refractivity contribution in [3.63, 3.8) is 0 Å². The second-order valence-electron chi connectivity index (χ2n) is 3.65. The number of hydrogen-bond donors (Lipinski definition) is 0. The molecule has 0 aromatic carbocycles. The molecule has 3 heteroatoms. The Morgan fingerprint density at radius 2 is 1.29 bits per heavy atom. The van der Waals surface area contributed by atoms with E-state index in [1.807, 2.05) is 18.2 Å². The van der Waals surface area contributed by atoms with Crippen LogP contribution in [0, 0.1) is 0 Å². The zero-order chi connectivity index (χ0) is 11.1. The molecule has 0 aliphatic carbocycles. The number of allylic oxidation sites excluding steroid dienone is 3. The molecule has 0 rings (SSSR count). The molecule has 0 amide bonds. The van der Waals surface area contributed by atoms with Gasteiger partial charge in [0.25, 0.3) is 0 Å². The van der Waals surface area contributed by atoms with Gasteiger partial charge in [0.2, 0.25) is 0 Å². The SMILES string of the molecule is C=CCP(Br)(CC=C)(CC=C)CCBr. The standard InChI is InChI=1S/C11H19Br2P/c1-4-8-14(13,9-5-2,10-6-3)11-7-12/h4-6H,1-3,7-11H2. The van der Waals surface area contributed by atoms with Gasteiger partial charge in [0.1, 0.15) is 0 Å². The molecule has 0 radical (unpaired) electrons. The van der Waals surface area contributed by atoms with Crippen LogP contribution in [0.25, 0.3) is 0 Å². The molecule has 14 heavy (non-hydrogen) atoms. The second-order valence-corrected chi connectivity index (χ2v) is 15.6. The van der Waals surface area contributed by atoms with Gasteiger partial charge in [0, 0.05) is 0 Å². The number of alkyl halides is 1. The molecule has 0 saturated heterocycles. The maximum absolute atomic E-state index is 4.02. The van der Waals surface area contributed by atoms with Crippen LogP contribution in [-0.2, 0) is 0 Å². The van der Waals surface area contributed by atoms with Gasteiger partial charge in [-0.05, 0) is 0 Å². The predicted molar refractivity (Wildman–Crippen MR) is 79.7 cm³/mol. The third kappa shape index (κ3) is 4.00. The number of rotatable bonds is 8. The van der Waals surface area contributed by atoms with Gasteiger partial charge in [0.05, 0.1) is 0 Å². The van der Waals surface area contributed by atoms with Crippen molar-refractivity contribution in [1.82, 2.24) is 0 Å². The molecule has 0 nitrogen and oxygen atoms in total. The van der Waals surface area contributed by atoms with E-state index in [0.29, 0.717) is 0 Å². The van der Waals surface area contributed by atoms with Gasteiger partial charge in [-0.25, -0.2) is 0 Å². The number of hydrogen-bond acceptors (Lipinski definition) is 0. The van der Waals surface area contributed by atoms with Crippen LogP contribution >= 0.6 is 36.7 Å². The van der Waals surface area contributed by atoms with E-state index in [-0.39, 0.29) is 0 Å². The number of halogens is 2. The molecule has 0 atom stereocenters. The van der Waals surface area contributed by atoms with Crippen molar-refractivity contribution in [2.75, 3.05) is 30.0 Å². The van der Waals surface area contributed by atoms with E-state index >= 15 is 0 Å². The van der Waals surface area contributed by atoms with E-state index in [2.05, 4.69) is 51.2 Å². The first-order valence-corrected chi connectivity index (χ1v) is 10.8. The Bertz CT molecular complexity index is 194. The Morgan fingerprint density at radius 1 is 0.929 bits per heavy atom. The summed E-state index contributed by atoms with van der Waals surface area (Å²) in [6.07, 6.45) is 10.4. The normalized spacial score (nSPS) is 14.0. The Morgan fingerprint density at radius 3 is 1.50 bits per heavy atom. The minimum atomic E-state index is -1.86. The summed E-state index contributed by atoms with van der Waals surface area (Å²) in [6, 6.07) is 0. The molecule has 82 valence electrons. The Labute approximate surface area is 104 Å². The van der Waals surface area contributed by atoms with Crippen LogP contribution in [0.5, 0.6) is 0 Å². The molecular formula is C11H19Br2P. The first-order chi connectivity index (χ1) is 6.54. The van der Waals surface area contributed by atoms with E-state index in [1.165, 1.54) is 0 Å². The minimum absolute atomic E-state index is 1.02. The van der Waals surface area contributed by atoms with Gasteiger partial charge in [0.15, 0.2) is 0 Å². The molecule has 0 fully saturated rings. The summed E-state index contributed by atoms with van der Waals surface area (Å²) in [5, 5.41) is -0.838. The Kier molecular flexibility index (Phi) is 6.52. The molecule has 0 aliphatic rings. The predicted octanol–water partition coefficient (Wildman–Crippen LogP) is 4.80. The summed E-state index contributed by atoms with van der Waals surface area (Å²) in [7, 11) is 0. The van der Waals surface area contributed by atoms with Crippen molar-refractivity contribution in [3.8, 4) is 0 Å². The summed E-state index contributed by atoms with van der Waals surface area (Å²) < 4.78 is 0. The maximum atomic E-state index is 4.02. The zero-order valence-electron chi connectivity index (χ0n) is 8.59. The van der Waals surface area contributed by atoms with E-state index in [9.17, 15) is 0 Å². The fourth-order valence-electron chi connectivity index (χ4n) is 1.68. The first-order valence-electron chi connectivity index (χ1n) is 4.65. The molecule has 0 aliphatic heterocycles. The van der Waals surface area contributed by atoms with Crippen LogP contribution < -0.4 is 0 Å². The van der Waals surface area contributed by atoms with Crippen LogP contribution in [0.4, 0.5) is 0 Å². The second kappa shape index (κ2) is 6.25. The Balaban J connectivity index is 4.95. The summed E-state index contributed by atoms with van der Waals surface area (Å²) in [6.45, 7) is 11.6. The van der Waals surface area contributed by atoms with Crippen molar-refractivity contribution >= 4 is 36.7 Å². The van der Waals surface area contributed by atoms with Crippen LogP contribution in [0.3, 0.4) is 0 Å². The molecule has 0 unspecified atom stereocenters. The van der Waals surface area contributed by atoms with Crippen molar-refractivity contribution in [2.24, 2.45) is 0 Å². The molecule has 0 saturated carbocycles. The van der Waals surface area contributed by atoms with Gasteiger partial charge < -0.3 is 0 Å². The summed E-state index contributed by atoms with van der Waals surface area (Å²) in [4.78, 5) is 0. The van der Waals surface area contributed by atoms with E-state index < -0.39 is 5.31 Å². The van der Waals surface area contributed by atoms with Crippen molar-refractivity contribution in [1.29, 1.82) is 0 Å².